The molecular formula is C14H22N2O6. The molecule has 0 unspecified atom stereocenters. The van der Waals surface area contributed by atoms with Crippen LogP contribution in [-0.2, 0) is 28.7 Å². The molecule has 8 heteroatoms. The first-order valence-electron chi connectivity index (χ1n) is 7.18. The molecule has 1 amide bonds. The van der Waals surface area contributed by atoms with Crippen LogP contribution in [-0.4, -0.2) is 59.9 Å². The van der Waals surface area contributed by atoms with Gasteiger partial charge in [-0.3, -0.25) is 9.59 Å². The molecule has 3 atom stereocenters. The Morgan fingerprint density at radius 2 is 1.82 bits per heavy atom. The fourth-order valence-corrected chi connectivity index (χ4v) is 2.19. The van der Waals surface area contributed by atoms with Crippen LogP contribution in [0.3, 0.4) is 0 Å². The smallest absolute Gasteiger partial charge is 0.347 e. The van der Waals surface area contributed by atoms with Crippen molar-refractivity contribution in [3.05, 3.63) is 0 Å². The summed E-state index contributed by atoms with van der Waals surface area (Å²) in [5.41, 5.74) is 5.17. The van der Waals surface area contributed by atoms with Crippen LogP contribution >= 0.6 is 0 Å². The number of rotatable bonds is 6. The molecule has 0 aromatic heterocycles. The van der Waals surface area contributed by atoms with Crippen molar-refractivity contribution in [3.8, 4) is 0 Å². The molecule has 0 aromatic rings. The minimum Gasteiger partial charge on any atom is -0.452 e. The van der Waals surface area contributed by atoms with Gasteiger partial charge in [0, 0.05) is 13.5 Å². The summed E-state index contributed by atoms with van der Waals surface area (Å²) in [4.78, 5) is 47.9. The third-order valence-electron chi connectivity index (χ3n) is 3.50. The highest BCUT2D eigenvalue weighted by Crippen LogP contribution is 2.19. The molecule has 0 saturated carbocycles. The predicted molar refractivity (Wildman–Crippen MR) is 75.6 cm³/mol. The zero-order valence-electron chi connectivity index (χ0n) is 13.0. The fraction of sp³-hybridized carbons (Fsp3) is 0.714. The van der Waals surface area contributed by atoms with E-state index in [0.717, 1.165) is 0 Å². The molecule has 0 spiro atoms. The van der Waals surface area contributed by atoms with Crippen LogP contribution in [0.2, 0.25) is 0 Å². The van der Waals surface area contributed by atoms with E-state index in [1.54, 1.807) is 0 Å². The van der Waals surface area contributed by atoms with E-state index in [1.165, 1.54) is 25.7 Å². The van der Waals surface area contributed by atoms with Gasteiger partial charge in [-0.1, -0.05) is 0 Å². The van der Waals surface area contributed by atoms with Gasteiger partial charge in [-0.05, 0) is 26.7 Å². The van der Waals surface area contributed by atoms with Gasteiger partial charge in [0.2, 0.25) is 5.91 Å². The number of nitrogens with zero attached hydrogens (tertiary/aromatic N) is 1. The van der Waals surface area contributed by atoms with Crippen LogP contribution in [0.1, 0.15) is 33.6 Å². The molecule has 0 bridgehead atoms. The lowest BCUT2D eigenvalue weighted by Gasteiger charge is -2.23. The summed E-state index contributed by atoms with van der Waals surface area (Å²) in [6, 6.07) is -0.671. The minimum absolute atomic E-state index is 0.211. The van der Waals surface area contributed by atoms with E-state index in [0.29, 0.717) is 19.4 Å². The van der Waals surface area contributed by atoms with Crippen molar-refractivity contribution >= 4 is 23.6 Å². The van der Waals surface area contributed by atoms with Crippen molar-refractivity contribution < 1.29 is 28.7 Å². The number of hydrogen-bond donors (Lipinski definition) is 1. The van der Waals surface area contributed by atoms with Crippen LogP contribution < -0.4 is 5.73 Å². The van der Waals surface area contributed by atoms with Crippen molar-refractivity contribution in [1.29, 1.82) is 0 Å². The first kappa shape index (κ1) is 18.1. The standard InChI is InChI=1S/C14H22N2O6/c1-8(12(18)7-15)21-13(19)9(2)22-14(20)11-5-4-6-16(11)10(3)17/h8-9,11H,4-7,15H2,1-3H3/t8-,9-,11-/m0/s1. The number of likely N-dealkylation sites (tertiary alicyclic amines) is 1. The van der Waals surface area contributed by atoms with Gasteiger partial charge in [-0.25, -0.2) is 9.59 Å². The van der Waals surface area contributed by atoms with Gasteiger partial charge in [-0.2, -0.15) is 0 Å². The number of carbonyl (C=O) groups is 4. The Morgan fingerprint density at radius 3 is 2.36 bits per heavy atom. The number of amides is 1. The molecule has 1 aliphatic heterocycles. The zero-order chi connectivity index (χ0) is 16.9. The lowest BCUT2D eigenvalue weighted by atomic mass is 10.2. The predicted octanol–water partition coefficient (Wildman–Crippen LogP) is -0.611. The van der Waals surface area contributed by atoms with Gasteiger partial charge in [-0.15, -0.1) is 0 Å². The van der Waals surface area contributed by atoms with Crippen LogP contribution in [0.5, 0.6) is 0 Å². The number of carbonyl (C=O) groups excluding carboxylic acids is 4. The summed E-state index contributed by atoms with van der Waals surface area (Å²) in [5.74, 6) is -2.10. The molecule has 1 fully saturated rings. The van der Waals surface area contributed by atoms with Crippen LogP contribution in [0.4, 0.5) is 0 Å². The lowest BCUT2D eigenvalue weighted by Crippen LogP contribution is -2.42. The average molecular weight is 314 g/mol. The second-order valence-electron chi connectivity index (χ2n) is 5.20. The van der Waals surface area contributed by atoms with E-state index in [9.17, 15) is 19.2 Å². The maximum atomic E-state index is 12.0. The highest BCUT2D eigenvalue weighted by molar-refractivity contribution is 5.89. The Balaban J connectivity index is 2.55. The summed E-state index contributed by atoms with van der Waals surface area (Å²) in [7, 11) is 0. The van der Waals surface area contributed by atoms with E-state index in [2.05, 4.69) is 0 Å². The van der Waals surface area contributed by atoms with Gasteiger partial charge >= 0.3 is 11.9 Å². The van der Waals surface area contributed by atoms with Crippen LogP contribution in [0.25, 0.3) is 0 Å². The van der Waals surface area contributed by atoms with E-state index >= 15 is 0 Å². The van der Waals surface area contributed by atoms with E-state index in [4.69, 9.17) is 15.2 Å². The monoisotopic (exact) mass is 314 g/mol. The molecule has 1 rings (SSSR count). The summed E-state index contributed by atoms with van der Waals surface area (Å²) >= 11 is 0. The van der Waals surface area contributed by atoms with Crippen molar-refractivity contribution in [2.75, 3.05) is 13.1 Å². The Bertz CT molecular complexity index is 464. The summed E-state index contributed by atoms with van der Waals surface area (Å²) in [6.45, 7) is 4.39. The molecule has 0 radical (unpaired) electrons. The van der Waals surface area contributed by atoms with Crippen LogP contribution in [0, 0.1) is 0 Å². The van der Waals surface area contributed by atoms with Gasteiger partial charge in [0.1, 0.15) is 6.04 Å². The SMILES string of the molecule is CC(=O)N1CCC[C@H]1C(=O)O[C@@H](C)C(=O)O[C@@H](C)C(=O)CN. The number of nitrogens with two attached hydrogens (primary N) is 1. The molecular weight excluding hydrogens is 292 g/mol. The fourth-order valence-electron chi connectivity index (χ4n) is 2.19. The Morgan fingerprint density at radius 1 is 1.18 bits per heavy atom. The first-order chi connectivity index (χ1) is 10.3. The maximum absolute atomic E-state index is 12.0. The molecule has 0 aromatic carbocycles. The topological polar surface area (TPSA) is 116 Å². The number of Topliss-reactive ketones (excluding diaryl/α,β-unsaturated/α-hetero) is 1. The van der Waals surface area contributed by atoms with Crippen molar-refractivity contribution in [2.24, 2.45) is 5.73 Å². The number of ketones is 1. The van der Waals surface area contributed by atoms with E-state index in [1.807, 2.05) is 0 Å². The number of hydrogen-bond acceptors (Lipinski definition) is 7. The molecule has 22 heavy (non-hydrogen) atoms. The molecule has 1 saturated heterocycles. The lowest BCUT2D eigenvalue weighted by molar-refractivity contribution is -0.173. The van der Waals surface area contributed by atoms with Gasteiger partial charge in [0.25, 0.3) is 0 Å². The Kier molecular flexibility index (Phi) is 6.48. The van der Waals surface area contributed by atoms with Gasteiger partial charge in [0.05, 0.1) is 6.54 Å². The zero-order valence-corrected chi connectivity index (χ0v) is 13.0. The Hall–Kier alpha value is -1.96. The molecule has 0 aliphatic carbocycles. The Labute approximate surface area is 128 Å². The summed E-state index contributed by atoms with van der Waals surface area (Å²) in [6.07, 6.45) is -0.934. The normalized spacial score (nSPS) is 20.2. The molecule has 2 N–H and O–H groups in total. The van der Waals surface area contributed by atoms with E-state index in [-0.39, 0.29) is 12.5 Å². The van der Waals surface area contributed by atoms with Gasteiger partial charge in [0.15, 0.2) is 18.0 Å². The van der Waals surface area contributed by atoms with Crippen molar-refractivity contribution in [3.63, 3.8) is 0 Å². The summed E-state index contributed by atoms with van der Waals surface area (Å²) < 4.78 is 9.92. The van der Waals surface area contributed by atoms with Crippen LogP contribution in [0.15, 0.2) is 0 Å². The molecule has 124 valence electrons. The third kappa shape index (κ3) is 4.52. The number of esters is 2. The molecule has 8 nitrogen and oxygen atoms in total. The quantitative estimate of drug-likeness (QED) is 0.650. The third-order valence-corrected chi connectivity index (χ3v) is 3.50. The highest BCUT2D eigenvalue weighted by Gasteiger charge is 2.35. The van der Waals surface area contributed by atoms with E-state index < -0.39 is 36.0 Å². The van der Waals surface area contributed by atoms with Crippen molar-refractivity contribution in [1.82, 2.24) is 4.90 Å². The first-order valence-corrected chi connectivity index (χ1v) is 7.18. The average Bonchev–Trinajstić information content (AvgIpc) is 2.95. The highest BCUT2D eigenvalue weighted by atomic mass is 16.6. The van der Waals surface area contributed by atoms with Gasteiger partial charge < -0.3 is 20.1 Å². The van der Waals surface area contributed by atoms with Crippen molar-refractivity contribution in [2.45, 2.75) is 51.9 Å². The largest absolute Gasteiger partial charge is 0.452 e. The number of ether oxygens (including phenoxy) is 2. The molecule has 1 aliphatic rings. The molecule has 1 heterocycles. The second kappa shape index (κ2) is 7.88. The minimum atomic E-state index is -1.16. The maximum Gasteiger partial charge on any atom is 0.347 e. The summed E-state index contributed by atoms with van der Waals surface area (Å²) in [5, 5.41) is 0. The second-order valence-corrected chi connectivity index (χ2v) is 5.20.